The lowest BCUT2D eigenvalue weighted by atomic mass is 10.0. The van der Waals surface area contributed by atoms with Gasteiger partial charge in [-0.25, -0.2) is 0 Å². The van der Waals surface area contributed by atoms with Crippen molar-refractivity contribution in [1.82, 2.24) is 0 Å². The highest BCUT2D eigenvalue weighted by Gasteiger charge is 2.16. The third-order valence-electron chi connectivity index (χ3n) is 18.6. The largest absolute Gasteiger partial charge is 0.462 e. The number of hydrogen-bond acceptors (Lipinski definition) is 5. The molecule has 0 aliphatic carbocycles. The number of carbonyl (C=O) groups is 2. The molecule has 0 saturated heterocycles. The van der Waals surface area contributed by atoms with E-state index in [0.717, 1.165) is 57.8 Å². The van der Waals surface area contributed by atoms with E-state index < -0.39 is 6.10 Å². The molecule has 0 fully saturated rings. The van der Waals surface area contributed by atoms with Gasteiger partial charge in [-0.15, -0.1) is 0 Å². The average Bonchev–Trinajstić information content (AvgIpc) is 3.54. The van der Waals surface area contributed by atoms with Crippen LogP contribution in [0.1, 0.15) is 450 Å². The summed E-state index contributed by atoms with van der Waals surface area (Å²) in [4.78, 5) is 24.7. The summed E-state index contributed by atoms with van der Waals surface area (Å²) in [6, 6.07) is 0. The maximum absolute atomic E-state index is 12.4. The first-order chi connectivity index (χ1) is 43.6. The van der Waals surface area contributed by atoms with E-state index in [4.69, 9.17) is 9.47 Å². The van der Waals surface area contributed by atoms with Gasteiger partial charge >= 0.3 is 11.9 Å². The molecule has 0 aromatic rings. The van der Waals surface area contributed by atoms with E-state index in [1.165, 1.54) is 366 Å². The van der Waals surface area contributed by atoms with Gasteiger partial charge in [0.25, 0.3) is 0 Å². The second kappa shape index (κ2) is 79.1. The monoisotopic (exact) mass is 1230 g/mol. The lowest BCUT2D eigenvalue weighted by molar-refractivity contribution is -0.161. The van der Waals surface area contributed by atoms with Crippen LogP contribution in [0.3, 0.4) is 0 Å². The number of esters is 2. The molecular weight excluding hydrogens is 1080 g/mol. The smallest absolute Gasteiger partial charge is 0.306 e. The molecule has 0 heterocycles. The summed E-state index contributed by atoms with van der Waals surface area (Å²) in [6.45, 7) is 4.10. The SMILES string of the molecule is CC/C=C\C/C=C\C/C=C\C/C=C\CCCCCCCCCCCCCCCCCCCCCCCCC(=O)OC(CO)COC(=O)CCCCCCCCCCCCCCCCCCCCCCCCCCCCCCCCCCCCCCCCC. The van der Waals surface area contributed by atoms with E-state index >= 15 is 0 Å². The molecule has 0 rings (SSSR count). The van der Waals surface area contributed by atoms with Crippen LogP contribution in [0.15, 0.2) is 48.6 Å². The Kier molecular flexibility index (Phi) is 77.2. The summed E-state index contributed by atoms with van der Waals surface area (Å²) in [5.41, 5.74) is 0. The first-order valence-electron chi connectivity index (χ1n) is 40.2. The van der Waals surface area contributed by atoms with Gasteiger partial charge in [0, 0.05) is 12.8 Å². The van der Waals surface area contributed by atoms with Gasteiger partial charge in [-0.2, -0.15) is 0 Å². The van der Waals surface area contributed by atoms with Crippen LogP contribution < -0.4 is 0 Å². The third kappa shape index (κ3) is 76.3. The van der Waals surface area contributed by atoms with Crippen molar-refractivity contribution in [3.8, 4) is 0 Å². The van der Waals surface area contributed by atoms with E-state index in [-0.39, 0.29) is 25.2 Å². The zero-order chi connectivity index (χ0) is 63.3. The molecule has 0 spiro atoms. The number of carbonyl (C=O) groups excluding carboxylic acids is 2. The Bertz CT molecular complexity index is 1450. The van der Waals surface area contributed by atoms with Gasteiger partial charge in [0.05, 0.1) is 6.61 Å². The predicted octanol–water partition coefficient (Wildman–Crippen LogP) is 28.2. The maximum atomic E-state index is 12.4. The molecular formula is C83H156O5. The molecule has 0 aliphatic rings. The van der Waals surface area contributed by atoms with Gasteiger partial charge in [0.1, 0.15) is 6.61 Å². The minimum atomic E-state index is -0.770. The number of allylic oxidation sites excluding steroid dienone is 8. The Hall–Kier alpha value is -2.14. The minimum Gasteiger partial charge on any atom is -0.462 e. The Balaban J connectivity index is 3.35. The van der Waals surface area contributed by atoms with Crippen LogP contribution in [0.2, 0.25) is 0 Å². The molecule has 518 valence electrons. The topological polar surface area (TPSA) is 72.8 Å². The highest BCUT2D eigenvalue weighted by molar-refractivity contribution is 5.70. The fourth-order valence-corrected chi connectivity index (χ4v) is 12.7. The predicted molar refractivity (Wildman–Crippen MR) is 390 cm³/mol. The van der Waals surface area contributed by atoms with E-state index in [0.29, 0.717) is 12.8 Å². The van der Waals surface area contributed by atoms with Crippen molar-refractivity contribution in [1.29, 1.82) is 0 Å². The summed E-state index contributed by atoms with van der Waals surface area (Å²) in [5, 5.41) is 9.73. The maximum Gasteiger partial charge on any atom is 0.306 e. The zero-order valence-corrected chi connectivity index (χ0v) is 59.8. The van der Waals surface area contributed by atoms with Crippen molar-refractivity contribution < 1.29 is 24.2 Å². The number of ether oxygens (including phenoxy) is 2. The van der Waals surface area contributed by atoms with Crippen molar-refractivity contribution in [2.24, 2.45) is 0 Å². The first kappa shape index (κ1) is 85.9. The van der Waals surface area contributed by atoms with E-state index in [2.05, 4.69) is 62.5 Å². The van der Waals surface area contributed by atoms with Crippen LogP contribution in [-0.4, -0.2) is 36.4 Å². The summed E-state index contributed by atoms with van der Waals surface area (Å²) in [5.74, 6) is -0.562. The van der Waals surface area contributed by atoms with Crippen molar-refractivity contribution in [3.63, 3.8) is 0 Å². The Labute approximate surface area is 551 Å². The third-order valence-corrected chi connectivity index (χ3v) is 18.6. The second-order valence-electron chi connectivity index (χ2n) is 27.5. The molecule has 0 radical (unpaired) electrons. The van der Waals surface area contributed by atoms with Gasteiger partial charge in [0.2, 0.25) is 0 Å². The number of unbranched alkanes of at least 4 members (excludes halogenated alkanes) is 60. The van der Waals surface area contributed by atoms with Crippen LogP contribution in [0.5, 0.6) is 0 Å². The standard InChI is InChI=1S/C83H156O5/c1-3-5-7-9-11-13-15-17-19-21-23-25-27-29-31-33-35-37-39-40-41-42-44-45-47-49-51-53-55-57-59-61-63-65-67-69-71-73-75-77-82(85)87-80-81(79-84)88-83(86)78-76-74-72-70-68-66-64-62-60-58-56-54-52-50-48-46-43-38-36-34-32-30-28-26-24-22-20-18-16-14-12-10-8-6-4-2/h6,8,12,14,18,20,24,26,81,84H,3-5,7,9-11,13,15-17,19,21-23,25,27-80H2,1-2H3/b8-6-,14-12-,20-18-,26-24-. The van der Waals surface area contributed by atoms with Crippen molar-refractivity contribution in [2.45, 2.75) is 457 Å². The van der Waals surface area contributed by atoms with Crippen molar-refractivity contribution >= 4 is 11.9 Å². The summed E-state index contributed by atoms with van der Waals surface area (Å²) >= 11 is 0. The molecule has 5 heteroatoms. The lowest BCUT2D eigenvalue weighted by Crippen LogP contribution is -2.28. The molecule has 1 N–H and O–H groups in total. The molecule has 1 unspecified atom stereocenters. The van der Waals surface area contributed by atoms with Gasteiger partial charge in [-0.1, -0.05) is 435 Å². The molecule has 88 heavy (non-hydrogen) atoms. The van der Waals surface area contributed by atoms with Gasteiger partial charge in [-0.3, -0.25) is 9.59 Å². The molecule has 0 amide bonds. The highest BCUT2D eigenvalue weighted by Crippen LogP contribution is 2.20. The number of rotatable bonds is 76. The number of aliphatic hydroxyl groups is 1. The Morgan fingerprint density at radius 1 is 0.273 bits per heavy atom. The Morgan fingerprint density at radius 2 is 0.489 bits per heavy atom. The number of hydrogen-bond donors (Lipinski definition) is 1. The molecule has 0 bridgehead atoms. The zero-order valence-electron chi connectivity index (χ0n) is 59.8. The molecule has 5 nitrogen and oxygen atoms in total. The average molecular weight is 1230 g/mol. The fraction of sp³-hybridized carbons (Fsp3) is 0.880. The van der Waals surface area contributed by atoms with E-state index in [9.17, 15) is 14.7 Å². The van der Waals surface area contributed by atoms with Crippen molar-refractivity contribution in [3.05, 3.63) is 48.6 Å². The van der Waals surface area contributed by atoms with Crippen LogP contribution >= 0.6 is 0 Å². The molecule has 1 atom stereocenters. The van der Waals surface area contributed by atoms with Crippen LogP contribution in [-0.2, 0) is 19.1 Å². The van der Waals surface area contributed by atoms with Crippen LogP contribution in [0.25, 0.3) is 0 Å². The van der Waals surface area contributed by atoms with Crippen LogP contribution in [0.4, 0.5) is 0 Å². The minimum absolute atomic E-state index is 0.0586. The second-order valence-corrected chi connectivity index (χ2v) is 27.5. The van der Waals surface area contributed by atoms with Crippen molar-refractivity contribution in [2.75, 3.05) is 13.2 Å². The molecule has 0 saturated carbocycles. The first-order valence-corrected chi connectivity index (χ1v) is 40.2. The summed E-state index contributed by atoms with van der Waals surface area (Å²) < 4.78 is 10.8. The van der Waals surface area contributed by atoms with E-state index in [1.54, 1.807) is 0 Å². The molecule has 0 aromatic heterocycles. The summed E-state index contributed by atoms with van der Waals surface area (Å²) in [6.07, 6.45) is 108. The molecule has 0 aliphatic heterocycles. The van der Waals surface area contributed by atoms with Gasteiger partial charge < -0.3 is 14.6 Å². The summed E-state index contributed by atoms with van der Waals surface area (Å²) in [7, 11) is 0. The van der Waals surface area contributed by atoms with Gasteiger partial charge in [-0.05, 0) is 51.4 Å². The van der Waals surface area contributed by atoms with Gasteiger partial charge in [0.15, 0.2) is 6.10 Å². The quantitative estimate of drug-likeness (QED) is 0.0373. The van der Waals surface area contributed by atoms with Crippen LogP contribution in [0, 0.1) is 0 Å². The Morgan fingerprint density at radius 3 is 0.739 bits per heavy atom. The van der Waals surface area contributed by atoms with E-state index in [1.807, 2.05) is 0 Å². The number of aliphatic hydroxyl groups excluding tert-OH is 1. The lowest BCUT2D eigenvalue weighted by Gasteiger charge is -2.15. The molecule has 0 aromatic carbocycles. The fourth-order valence-electron chi connectivity index (χ4n) is 12.7. The highest BCUT2D eigenvalue weighted by atomic mass is 16.6. The normalized spacial score (nSPS) is 12.4.